The molecule has 1 aromatic carbocycles. The molecule has 0 bridgehead atoms. The summed E-state index contributed by atoms with van der Waals surface area (Å²) in [6.07, 6.45) is 1.03. The Morgan fingerprint density at radius 3 is 2.78 bits per heavy atom. The van der Waals surface area contributed by atoms with Crippen LogP contribution in [-0.4, -0.2) is 6.54 Å². The molecule has 2 rings (SSSR count). The van der Waals surface area contributed by atoms with Crippen molar-refractivity contribution in [2.24, 2.45) is 0 Å². The number of hydrogen-bond acceptors (Lipinski definition) is 2. The fourth-order valence-electron chi connectivity index (χ4n) is 1.72. The molecule has 0 saturated carbocycles. The van der Waals surface area contributed by atoms with Gasteiger partial charge < -0.3 is 5.32 Å². The molecule has 2 aromatic rings. The lowest BCUT2D eigenvalue weighted by Gasteiger charge is -2.07. The van der Waals surface area contributed by atoms with Crippen LogP contribution < -0.4 is 5.32 Å². The third-order valence-electron chi connectivity index (χ3n) is 2.70. The van der Waals surface area contributed by atoms with Gasteiger partial charge in [0.05, 0.1) is 4.34 Å². The van der Waals surface area contributed by atoms with Crippen LogP contribution in [0.5, 0.6) is 0 Å². The molecule has 0 atom stereocenters. The van der Waals surface area contributed by atoms with Crippen molar-refractivity contribution >= 4 is 38.9 Å². The van der Waals surface area contributed by atoms with Crippen molar-refractivity contribution < 1.29 is 0 Å². The van der Waals surface area contributed by atoms with E-state index in [0.717, 1.165) is 23.8 Å². The summed E-state index contributed by atoms with van der Waals surface area (Å²) in [5.41, 5.74) is 2.57. The van der Waals surface area contributed by atoms with Crippen LogP contribution in [0.25, 0.3) is 0 Å². The first-order valence-corrected chi connectivity index (χ1v) is 7.84. The van der Waals surface area contributed by atoms with Crippen molar-refractivity contribution in [3.8, 4) is 0 Å². The molecule has 0 aliphatic rings. The highest BCUT2D eigenvalue weighted by atomic mass is 79.9. The highest BCUT2D eigenvalue weighted by Crippen LogP contribution is 2.21. The minimum Gasteiger partial charge on any atom is -0.312 e. The molecule has 0 aliphatic heterocycles. The summed E-state index contributed by atoms with van der Waals surface area (Å²) in [5, 5.41) is 3.45. The molecule has 0 spiro atoms. The Kier molecular flexibility index (Phi) is 5.25. The van der Waals surface area contributed by atoms with Gasteiger partial charge >= 0.3 is 0 Å². The molecule has 0 aliphatic carbocycles. The third kappa shape index (κ3) is 4.09. The Hall–Kier alpha value is -0.350. The fraction of sp³-hybridized carbons (Fsp3) is 0.286. The zero-order chi connectivity index (χ0) is 13.0. The van der Waals surface area contributed by atoms with Crippen molar-refractivity contribution in [1.82, 2.24) is 5.32 Å². The Morgan fingerprint density at radius 2 is 2.11 bits per heavy atom. The van der Waals surface area contributed by atoms with E-state index >= 15 is 0 Å². The van der Waals surface area contributed by atoms with Crippen molar-refractivity contribution in [1.29, 1.82) is 0 Å². The first-order chi connectivity index (χ1) is 8.65. The van der Waals surface area contributed by atoms with Crippen molar-refractivity contribution in [2.75, 3.05) is 6.54 Å². The highest BCUT2D eigenvalue weighted by molar-refractivity contribution is 9.10. The molecule has 1 N–H and O–H groups in total. The Labute approximate surface area is 125 Å². The minimum atomic E-state index is 0.867. The fourth-order valence-corrected chi connectivity index (χ4v) is 3.44. The molecule has 1 heterocycles. The average molecular weight is 345 g/mol. The zero-order valence-electron chi connectivity index (χ0n) is 10.2. The highest BCUT2D eigenvalue weighted by Gasteiger charge is 2.01. The van der Waals surface area contributed by atoms with Gasteiger partial charge in [-0.25, -0.2) is 0 Å². The maximum absolute atomic E-state index is 5.90. The lowest BCUT2D eigenvalue weighted by molar-refractivity contribution is 0.689. The van der Waals surface area contributed by atoms with E-state index < -0.39 is 0 Å². The van der Waals surface area contributed by atoms with Gasteiger partial charge in [-0.3, -0.25) is 0 Å². The summed E-state index contributed by atoms with van der Waals surface area (Å²) in [6.45, 7) is 3.96. The quantitative estimate of drug-likeness (QED) is 0.768. The number of aryl methyl sites for hydroxylation is 1. The average Bonchev–Trinajstić information content (AvgIpc) is 2.73. The summed E-state index contributed by atoms with van der Waals surface area (Å²) in [5.74, 6) is 0. The largest absolute Gasteiger partial charge is 0.312 e. The maximum atomic E-state index is 5.90. The van der Waals surface area contributed by atoms with Crippen LogP contribution >= 0.6 is 38.9 Å². The smallest absolute Gasteiger partial charge is 0.0931 e. The Morgan fingerprint density at radius 1 is 1.28 bits per heavy atom. The Balaban J connectivity index is 1.78. The van der Waals surface area contributed by atoms with E-state index in [9.17, 15) is 0 Å². The lowest BCUT2D eigenvalue weighted by atomic mass is 10.1. The number of halogens is 2. The monoisotopic (exact) mass is 343 g/mol. The molecule has 1 aromatic heterocycles. The van der Waals surface area contributed by atoms with Crippen LogP contribution in [-0.2, 0) is 13.0 Å². The van der Waals surface area contributed by atoms with Crippen LogP contribution in [0.3, 0.4) is 0 Å². The normalized spacial score (nSPS) is 10.8. The summed E-state index contributed by atoms with van der Waals surface area (Å²) in [4.78, 5) is 1.33. The van der Waals surface area contributed by atoms with Gasteiger partial charge in [0, 0.05) is 22.4 Å². The molecule has 0 amide bonds. The molecule has 0 fully saturated rings. The maximum Gasteiger partial charge on any atom is 0.0931 e. The van der Waals surface area contributed by atoms with Crippen LogP contribution in [0.1, 0.15) is 16.0 Å². The van der Waals surface area contributed by atoms with Gasteiger partial charge in [0.25, 0.3) is 0 Å². The molecule has 4 heteroatoms. The number of hydrogen-bond donors (Lipinski definition) is 1. The van der Waals surface area contributed by atoms with Gasteiger partial charge in [-0.05, 0) is 42.7 Å². The molecule has 18 heavy (non-hydrogen) atoms. The number of thiophene rings is 1. The molecule has 0 radical (unpaired) electrons. The van der Waals surface area contributed by atoms with Crippen LogP contribution in [0, 0.1) is 6.92 Å². The first kappa shape index (κ1) is 14.1. The van der Waals surface area contributed by atoms with E-state index in [4.69, 9.17) is 11.6 Å². The summed E-state index contributed by atoms with van der Waals surface area (Å²) >= 11 is 11.1. The van der Waals surface area contributed by atoms with Crippen molar-refractivity contribution in [3.63, 3.8) is 0 Å². The van der Waals surface area contributed by atoms with E-state index in [1.54, 1.807) is 11.3 Å². The van der Waals surface area contributed by atoms with E-state index in [-0.39, 0.29) is 0 Å². The standard InChI is InChI=1S/C14H15BrClNS/c1-10-2-3-11(13(15)8-10)9-17-7-6-12-4-5-14(16)18-12/h2-5,8,17H,6-7,9H2,1H3. The zero-order valence-corrected chi connectivity index (χ0v) is 13.3. The predicted molar refractivity (Wildman–Crippen MR) is 83.6 cm³/mol. The SMILES string of the molecule is Cc1ccc(CNCCc2ccc(Cl)s2)c(Br)c1. The van der Waals surface area contributed by atoms with E-state index in [2.05, 4.69) is 52.4 Å². The summed E-state index contributed by atoms with van der Waals surface area (Å²) in [7, 11) is 0. The summed E-state index contributed by atoms with van der Waals surface area (Å²) in [6, 6.07) is 10.5. The minimum absolute atomic E-state index is 0.867. The number of rotatable bonds is 5. The van der Waals surface area contributed by atoms with Crippen LogP contribution in [0.15, 0.2) is 34.8 Å². The van der Waals surface area contributed by atoms with Gasteiger partial charge in [0.2, 0.25) is 0 Å². The molecular weight excluding hydrogens is 330 g/mol. The van der Waals surface area contributed by atoms with Gasteiger partial charge in [0.1, 0.15) is 0 Å². The molecule has 0 unspecified atom stereocenters. The van der Waals surface area contributed by atoms with Gasteiger partial charge in [0.15, 0.2) is 0 Å². The molecule has 96 valence electrons. The first-order valence-electron chi connectivity index (χ1n) is 5.85. The topological polar surface area (TPSA) is 12.0 Å². The second kappa shape index (κ2) is 6.71. The van der Waals surface area contributed by atoms with E-state index in [1.807, 2.05) is 6.07 Å². The second-order valence-corrected chi connectivity index (χ2v) is 6.88. The van der Waals surface area contributed by atoms with Crippen LogP contribution in [0.2, 0.25) is 4.34 Å². The number of nitrogens with one attached hydrogen (secondary N) is 1. The predicted octanol–water partition coefficient (Wildman–Crippen LogP) is 4.80. The van der Waals surface area contributed by atoms with E-state index in [1.165, 1.54) is 20.5 Å². The number of benzene rings is 1. The van der Waals surface area contributed by atoms with Gasteiger partial charge in [-0.2, -0.15) is 0 Å². The molecule has 1 nitrogen and oxygen atoms in total. The Bertz CT molecular complexity index is 524. The summed E-state index contributed by atoms with van der Waals surface area (Å²) < 4.78 is 2.04. The lowest BCUT2D eigenvalue weighted by Crippen LogP contribution is -2.16. The molecular formula is C14H15BrClNS. The third-order valence-corrected chi connectivity index (χ3v) is 4.73. The van der Waals surface area contributed by atoms with Crippen molar-refractivity contribution in [2.45, 2.75) is 19.9 Å². The second-order valence-electron chi connectivity index (χ2n) is 4.23. The van der Waals surface area contributed by atoms with Gasteiger partial charge in [-0.1, -0.05) is 39.7 Å². The van der Waals surface area contributed by atoms with Gasteiger partial charge in [-0.15, -0.1) is 11.3 Å². The van der Waals surface area contributed by atoms with Crippen LogP contribution in [0.4, 0.5) is 0 Å². The van der Waals surface area contributed by atoms with E-state index in [0.29, 0.717) is 0 Å². The van der Waals surface area contributed by atoms with Crippen molar-refractivity contribution in [3.05, 3.63) is 55.1 Å². The molecule has 0 saturated heterocycles.